The Balaban J connectivity index is 0.00000341. The number of carbonyl (C=O) groups excluding carboxylic acids is 1. The minimum atomic E-state index is -0.496. The summed E-state index contributed by atoms with van der Waals surface area (Å²) in [6, 6.07) is 3.81. The van der Waals surface area contributed by atoms with Gasteiger partial charge in [0.2, 0.25) is 0 Å². The largest absolute Gasteiger partial charge is 0.496 e. The van der Waals surface area contributed by atoms with Gasteiger partial charge in [0.15, 0.2) is 5.96 Å². The SMILES string of the molecule is COc1cc(OC)c(CNC2=NCC3CN(C(=O)OC(C)(C)C)CCN23)c(OC)c1.I. The smallest absolute Gasteiger partial charge is 0.410 e. The van der Waals surface area contributed by atoms with Gasteiger partial charge in [-0.15, -0.1) is 24.0 Å². The van der Waals surface area contributed by atoms with Gasteiger partial charge in [-0.05, 0) is 20.8 Å². The van der Waals surface area contributed by atoms with E-state index in [0.717, 1.165) is 11.5 Å². The van der Waals surface area contributed by atoms with Crippen molar-refractivity contribution in [2.24, 2.45) is 4.99 Å². The Hall–Kier alpha value is -2.11. The quantitative estimate of drug-likeness (QED) is 0.567. The van der Waals surface area contributed by atoms with Crippen LogP contribution in [0.4, 0.5) is 4.79 Å². The van der Waals surface area contributed by atoms with Gasteiger partial charge in [-0.25, -0.2) is 4.79 Å². The van der Waals surface area contributed by atoms with Crippen molar-refractivity contribution in [3.63, 3.8) is 0 Å². The van der Waals surface area contributed by atoms with Gasteiger partial charge in [-0.2, -0.15) is 0 Å². The molecule has 2 aliphatic heterocycles. The lowest BCUT2D eigenvalue weighted by Crippen LogP contribution is -2.57. The van der Waals surface area contributed by atoms with E-state index in [1.54, 1.807) is 26.2 Å². The number of aliphatic imine (C=N–C) groups is 1. The molecule has 1 amide bonds. The molecular weight excluding hydrogens is 515 g/mol. The predicted octanol–water partition coefficient (Wildman–Crippen LogP) is 2.71. The van der Waals surface area contributed by atoms with E-state index >= 15 is 0 Å². The number of halogens is 1. The van der Waals surface area contributed by atoms with Crippen molar-refractivity contribution in [3.8, 4) is 17.2 Å². The molecule has 1 aromatic rings. The fourth-order valence-electron chi connectivity index (χ4n) is 3.64. The van der Waals surface area contributed by atoms with Crippen LogP contribution in [0.1, 0.15) is 26.3 Å². The third-order valence-corrected chi connectivity index (χ3v) is 5.10. The minimum absolute atomic E-state index is 0. The molecule has 174 valence electrons. The van der Waals surface area contributed by atoms with Crippen molar-refractivity contribution in [2.45, 2.75) is 39.0 Å². The molecular formula is C21H33IN4O5. The molecule has 1 unspecified atom stereocenters. The van der Waals surface area contributed by atoms with E-state index in [2.05, 4.69) is 15.2 Å². The van der Waals surface area contributed by atoms with Crippen LogP contribution in [-0.4, -0.2) is 81.0 Å². The maximum atomic E-state index is 12.4. The van der Waals surface area contributed by atoms with Crippen LogP contribution < -0.4 is 19.5 Å². The second kappa shape index (κ2) is 10.5. The maximum Gasteiger partial charge on any atom is 0.410 e. The average molecular weight is 548 g/mol. The third-order valence-electron chi connectivity index (χ3n) is 5.10. The lowest BCUT2D eigenvalue weighted by atomic mass is 10.1. The molecule has 31 heavy (non-hydrogen) atoms. The van der Waals surface area contributed by atoms with Crippen molar-refractivity contribution in [1.82, 2.24) is 15.1 Å². The Kier molecular flexibility index (Phi) is 8.49. The molecule has 1 fully saturated rings. The topological polar surface area (TPSA) is 84.9 Å². The highest BCUT2D eigenvalue weighted by Crippen LogP contribution is 2.34. The fraction of sp³-hybridized carbons (Fsp3) is 0.619. The van der Waals surface area contributed by atoms with E-state index in [9.17, 15) is 4.79 Å². The second-order valence-corrected chi connectivity index (χ2v) is 8.30. The number of carbonyl (C=O) groups is 1. The van der Waals surface area contributed by atoms with Gasteiger partial charge in [0.05, 0.1) is 46.0 Å². The first-order valence-corrected chi connectivity index (χ1v) is 10.1. The second-order valence-electron chi connectivity index (χ2n) is 8.30. The summed E-state index contributed by atoms with van der Waals surface area (Å²) in [6.45, 7) is 8.66. The summed E-state index contributed by atoms with van der Waals surface area (Å²) in [5.41, 5.74) is 0.392. The van der Waals surface area contributed by atoms with Crippen LogP contribution in [0.25, 0.3) is 0 Å². The van der Waals surface area contributed by atoms with Crippen molar-refractivity contribution < 1.29 is 23.7 Å². The van der Waals surface area contributed by atoms with Gasteiger partial charge in [-0.3, -0.25) is 4.99 Å². The molecule has 1 saturated heterocycles. The number of nitrogens with zero attached hydrogens (tertiary/aromatic N) is 3. The van der Waals surface area contributed by atoms with Crippen LogP contribution in [0.3, 0.4) is 0 Å². The Morgan fingerprint density at radius 3 is 2.32 bits per heavy atom. The first-order chi connectivity index (χ1) is 14.3. The summed E-state index contributed by atoms with van der Waals surface area (Å²) in [6.07, 6.45) is -0.267. The third kappa shape index (κ3) is 5.98. The molecule has 1 N–H and O–H groups in total. The van der Waals surface area contributed by atoms with Crippen LogP contribution in [0.5, 0.6) is 17.2 Å². The molecule has 0 saturated carbocycles. The molecule has 0 spiro atoms. The minimum Gasteiger partial charge on any atom is -0.496 e. The monoisotopic (exact) mass is 548 g/mol. The van der Waals surface area contributed by atoms with Gasteiger partial charge in [0, 0.05) is 31.8 Å². The van der Waals surface area contributed by atoms with E-state index in [-0.39, 0.29) is 36.1 Å². The maximum absolute atomic E-state index is 12.4. The van der Waals surface area contributed by atoms with Crippen LogP contribution in [0.15, 0.2) is 17.1 Å². The lowest BCUT2D eigenvalue weighted by molar-refractivity contribution is 0.0137. The number of amides is 1. The zero-order valence-electron chi connectivity index (χ0n) is 19.1. The summed E-state index contributed by atoms with van der Waals surface area (Å²) in [5, 5.41) is 3.41. The van der Waals surface area contributed by atoms with E-state index in [1.165, 1.54) is 0 Å². The fourth-order valence-corrected chi connectivity index (χ4v) is 3.64. The van der Waals surface area contributed by atoms with Gasteiger partial charge >= 0.3 is 6.09 Å². The first kappa shape index (κ1) is 25.2. The summed E-state index contributed by atoms with van der Waals surface area (Å²) in [5.74, 6) is 2.86. The summed E-state index contributed by atoms with van der Waals surface area (Å²) < 4.78 is 21.9. The summed E-state index contributed by atoms with van der Waals surface area (Å²) >= 11 is 0. The number of piperazine rings is 1. The van der Waals surface area contributed by atoms with Crippen LogP contribution in [0, 0.1) is 0 Å². The number of nitrogens with one attached hydrogen (secondary N) is 1. The van der Waals surface area contributed by atoms with Crippen molar-refractivity contribution in [2.75, 3.05) is 47.5 Å². The molecule has 1 atom stereocenters. The molecule has 0 radical (unpaired) electrons. The highest BCUT2D eigenvalue weighted by Gasteiger charge is 2.36. The zero-order chi connectivity index (χ0) is 21.9. The Bertz CT molecular complexity index is 786. The van der Waals surface area contributed by atoms with E-state index in [0.29, 0.717) is 50.0 Å². The molecule has 0 aromatic heterocycles. The van der Waals surface area contributed by atoms with E-state index in [4.69, 9.17) is 18.9 Å². The van der Waals surface area contributed by atoms with Gasteiger partial charge in [0.25, 0.3) is 0 Å². The highest BCUT2D eigenvalue weighted by atomic mass is 127. The highest BCUT2D eigenvalue weighted by molar-refractivity contribution is 14.0. The van der Waals surface area contributed by atoms with E-state index < -0.39 is 5.60 Å². The van der Waals surface area contributed by atoms with Crippen molar-refractivity contribution in [1.29, 1.82) is 0 Å². The van der Waals surface area contributed by atoms with Crippen LogP contribution in [-0.2, 0) is 11.3 Å². The summed E-state index contributed by atoms with van der Waals surface area (Å²) in [7, 11) is 4.85. The number of methoxy groups -OCH3 is 3. The molecule has 10 heteroatoms. The molecule has 3 rings (SSSR count). The molecule has 2 heterocycles. The number of rotatable bonds is 5. The average Bonchev–Trinajstić information content (AvgIpc) is 3.12. The molecule has 2 aliphatic rings. The van der Waals surface area contributed by atoms with Crippen LogP contribution >= 0.6 is 24.0 Å². The molecule has 0 aliphatic carbocycles. The number of benzene rings is 1. The number of hydrogen-bond acceptors (Lipinski definition) is 8. The van der Waals surface area contributed by atoms with Gasteiger partial charge in [0.1, 0.15) is 22.8 Å². The van der Waals surface area contributed by atoms with Gasteiger partial charge in [-0.1, -0.05) is 0 Å². The Morgan fingerprint density at radius 1 is 1.13 bits per heavy atom. The normalized spacial score (nSPS) is 17.9. The predicted molar refractivity (Wildman–Crippen MR) is 129 cm³/mol. The van der Waals surface area contributed by atoms with Crippen LogP contribution in [0.2, 0.25) is 0 Å². The first-order valence-electron chi connectivity index (χ1n) is 10.1. The Morgan fingerprint density at radius 2 is 1.77 bits per heavy atom. The lowest BCUT2D eigenvalue weighted by Gasteiger charge is -2.39. The zero-order valence-corrected chi connectivity index (χ0v) is 21.4. The number of fused-ring (bicyclic) bond motifs is 1. The standard InChI is InChI=1S/C21H32N4O5.HI/c1-21(2,3)30-20(26)24-7-8-25-14(13-24)11-22-19(25)23-12-16-17(28-5)9-15(27-4)10-18(16)29-6;/h9-10,14H,7-8,11-13H2,1-6H3,(H,22,23);1H. The molecule has 1 aromatic carbocycles. The van der Waals surface area contributed by atoms with Crippen molar-refractivity contribution in [3.05, 3.63) is 17.7 Å². The molecule has 0 bridgehead atoms. The van der Waals surface area contributed by atoms with Gasteiger partial charge < -0.3 is 34.1 Å². The summed E-state index contributed by atoms with van der Waals surface area (Å²) in [4.78, 5) is 21.0. The number of guanidine groups is 1. The number of hydrogen-bond donors (Lipinski definition) is 1. The molecule has 9 nitrogen and oxygen atoms in total. The number of ether oxygens (including phenoxy) is 4. The Labute approximate surface area is 201 Å². The van der Waals surface area contributed by atoms with E-state index in [1.807, 2.05) is 32.9 Å². The van der Waals surface area contributed by atoms with Crippen molar-refractivity contribution >= 4 is 36.0 Å².